The molecule has 1 fully saturated rings. The first-order valence-corrected chi connectivity index (χ1v) is 8.47. The fourth-order valence-electron chi connectivity index (χ4n) is 2.83. The van der Waals surface area contributed by atoms with Gasteiger partial charge in [-0.25, -0.2) is 0 Å². The lowest BCUT2D eigenvalue weighted by atomic mass is 9.86. The van der Waals surface area contributed by atoms with E-state index in [9.17, 15) is 26.3 Å². The summed E-state index contributed by atoms with van der Waals surface area (Å²) in [5.74, 6) is 1.10. The number of thiol groups is 1. The van der Waals surface area contributed by atoms with Crippen LogP contribution in [0.3, 0.4) is 0 Å². The first-order chi connectivity index (χ1) is 11.1. The Hall–Kier alpha value is -0.930. The summed E-state index contributed by atoms with van der Waals surface area (Å²) in [6, 6.07) is 1.10. The zero-order valence-corrected chi connectivity index (χ0v) is 15.4. The van der Waals surface area contributed by atoms with Crippen molar-refractivity contribution in [2.75, 3.05) is 0 Å². The van der Waals surface area contributed by atoms with Crippen molar-refractivity contribution >= 4 is 12.6 Å². The molecule has 0 aliphatic heterocycles. The molecule has 2 rings (SSSR count). The topological polar surface area (TPSA) is 63.0 Å². The minimum absolute atomic E-state index is 0. The number of halogens is 6. The molecule has 0 saturated heterocycles. The molecule has 9 heteroatoms. The van der Waals surface area contributed by atoms with Crippen molar-refractivity contribution in [2.24, 2.45) is 5.92 Å². The van der Waals surface area contributed by atoms with Gasteiger partial charge >= 0.3 is 12.4 Å². The van der Waals surface area contributed by atoms with E-state index in [1.807, 2.05) is 0 Å². The van der Waals surface area contributed by atoms with E-state index in [-0.39, 0.29) is 11.0 Å². The minimum Gasteiger partial charge on any atom is -0.412 e. The van der Waals surface area contributed by atoms with Gasteiger partial charge in [-0.05, 0) is 24.1 Å². The fourth-order valence-corrected chi connectivity index (χ4v) is 3.17. The van der Waals surface area contributed by atoms with Gasteiger partial charge in [-0.2, -0.15) is 26.3 Å². The Kier molecular flexibility index (Phi) is 12.3. The molecule has 1 aromatic rings. The molecule has 0 radical (unpaired) electrons. The van der Waals surface area contributed by atoms with Gasteiger partial charge in [-0.3, -0.25) is 0 Å². The Morgan fingerprint density at radius 1 is 0.923 bits per heavy atom. The van der Waals surface area contributed by atoms with Gasteiger partial charge < -0.3 is 11.0 Å². The molecule has 154 valence electrons. The fraction of sp³-hybridized carbons (Fsp3) is 0.647. The lowest BCUT2D eigenvalue weighted by Crippen LogP contribution is -2.09. The highest BCUT2D eigenvalue weighted by atomic mass is 32.1. The smallest absolute Gasteiger partial charge is 0.412 e. The van der Waals surface area contributed by atoms with Crippen LogP contribution >= 0.6 is 12.6 Å². The van der Waals surface area contributed by atoms with E-state index in [0.717, 1.165) is 5.92 Å². The third kappa shape index (κ3) is 9.14. The van der Waals surface area contributed by atoms with Gasteiger partial charge in [0, 0.05) is 4.90 Å². The molecule has 0 amide bonds. The summed E-state index contributed by atoms with van der Waals surface area (Å²) < 4.78 is 72.7. The number of benzene rings is 1. The Morgan fingerprint density at radius 2 is 1.46 bits per heavy atom. The van der Waals surface area contributed by atoms with Crippen LogP contribution in [0.1, 0.15) is 63.0 Å². The predicted octanol–water partition coefficient (Wildman–Crippen LogP) is 5.73. The van der Waals surface area contributed by atoms with Crippen molar-refractivity contribution in [3.05, 3.63) is 29.3 Å². The molecule has 0 aromatic heterocycles. The highest BCUT2D eigenvalue weighted by Crippen LogP contribution is 2.37. The van der Waals surface area contributed by atoms with E-state index in [1.165, 1.54) is 44.9 Å². The minimum atomic E-state index is -4.69. The molecule has 0 spiro atoms. The molecule has 0 bridgehead atoms. The Morgan fingerprint density at radius 3 is 1.85 bits per heavy atom. The van der Waals surface area contributed by atoms with Crippen molar-refractivity contribution in [3.63, 3.8) is 0 Å². The summed E-state index contributed by atoms with van der Waals surface area (Å²) in [5.41, 5.74) is -2.33. The molecule has 1 saturated carbocycles. The van der Waals surface area contributed by atoms with Gasteiger partial charge in [0.2, 0.25) is 0 Å². The molecule has 0 atom stereocenters. The second-order valence-electron chi connectivity index (χ2n) is 6.02. The summed E-state index contributed by atoms with van der Waals surface area (Å²) in [7, 11) is 0. The van der Waals surface area contributed by atoms with Crippen LogP contribution in [0.2, 0.25) is 0 Å². The van der Waals surface area contributed by atoms with Gasteiger partial charge in [0.1, 0.15) is 0 Å². The van der Waals surface area contributed by atoms with Crippen LogP contribution in [0.4, 0.5) is 26.3 Å². The van der Waals surface area contributed by atoms with E-state index in [2.05, 4.69) is 19.6 Å². The van der Waals surface area contributed by atoms with Gasteiger partial charge in [-0.1, -0.05) is 51.9 Å². The number of hydrogen-bond acceptors (Lipinski definition) is 1. The van der Waals surface area contributed by atoms with Crippen LogP contribution in [0.25, 0.3) is 0 Å². The lowest BCUT2D eigenvalue weighted by Gasteiger charge is -2.20. The molecule has 0 heterocycles. The monoisotopic (exact) mass is 408 g/mol. The Balaban J connectivity index is 0. The van der Waals surface area contributed by atoms with E-state index < -0.39 is 28.4 Å². The summed E-state index contributed by atoms with van der Waals surface area (Å²) in [5, 5.41) is 0. The number of alkyl halides is 6. The number of hydrogen-bond donors (Lipinski definition) is 1. The molecule has 26 heavy (non-hydrogen) atoms. The maximum absolute atomic E-state index is 12.1. The molecule has 2 nitrogen and oxygen atoms in total. The molecular weight excluding hydrogens is 382 g/mol. The first kappa shape index (κ1) is 27.3. The molecular formula is C17H26F6O2S. The second kappa shape index (κ2) is 11.7. The maximum Gasteiger partial charge on any atom is 0.417 e. The zero-order chi connectivity index (χ0) is 18.4. The van der Waals surface area contributed by atoms with Crippen molar-refractivity contribution in [2.45, 2.75) is 69.1 Å². The van der Waals surface area contributed by atoms with Gasteiger partial charge in [0.25, 0.3) is 0 Å². The Bertz CT molecular complexity index is 508. The first-order valence-electron chi connectivity index (χ1n) is 8.03. The number of rotatable bonds is 2. The molecule has 1 aliphatic carbocycles. The maximum atomic E-state index is 12.1. The summed E-state index contributed by atoms with van der Waals surface area (Å²) in [4.78, 5) is -0.739. The summed E-state index contributed by atoms with van der Waals surface area (Å²) in [6.45, 7) is 2.30. The Labute approximate surface area is 155 Å². The predicted molar refractivity (Wildman–Crippen MR) is 92.4 cm³/mol. The van der Waals surface area contributed by atoms with Crippen molar-refractivity contribution < 1.29 is 37.3 Å². The quantitative estimate of drug-likeness (QED) is 0.480. The average Bonchev–Trinajstić information content (AvgIpc) is 2.47. The zero-order valence-electron chi connectivity index (χ0n) is 14.5. The van der Waals surface area contributed by atoms with Crippen molar-refractivity contribution in [3.8, 4) is 0 Å². The van der Waals surface area contributed by atoms with Crippen LogP contribution < -0.4 is 0 Å². The lowest BCUT2D eigenvalue weighted by molar-refractivity contribution is -0.143. The SMILES string of the molecule is CCCC1CCCCC1.FC(F)(F)c1ccc(C(F)(F)F)c(S)c1.O.O. The van der Waals surface area contributed by atoms with E-state index in [1.54, 1.807) is 0 Å². The highest BCUT2D eigenvalue weighted by molar-refractivity contribution is 7.80. The highest BCUT2D eigenvalue weighted by Gasteiger charge is 2.36. The van der Waals surface area contributed by atoms with Crippen LogP contribution in [0.15, 0.2) is 23.1 Å². The van der Waals surface area contributed by atoms with Crippen molar-refractivity contribution in [1.29, 1.82) is 0 Å². The largest absolute Gasteiger partial charge is 0.417 e. The van der Waals surface area contributed by atoms with Gasteiger partial charge in [0.05, 0.1) is 11.1 Å². The second-order valence-corrected chi connectivity index (χ2v) is 6.50. The normalized spacial score (nSPS) is 15.2. The third-order valence-corrected chi connectivity index (χ3v) is 4.42. The third-order valence-electron chi connectivity index (χ3n) is 4.05. The summed E-state index contributed by atoms with van der Waals surface area (Å²) >= 11 is 3.37. The van der Waals surface area contributed by atoms with Crippen molar-refractivity contribution in [1.82, 2.24) is 0 Å². The average molecular weight is 408 g/mol. The van der Waals surface area contributed by atoms with Gasteiger partial charge in [0.15, 0.2) is 0 Å². The van der Waals surface area contributed by atoms with E-state index in [4.69, 9.17) is 0 Å². The molecule has 1 aliphatic rings. The van der Waals surface area contributed by atoms with Crippen LogP contribution in [0.5, 0.6) is 0 Å². The molecule has 4 N–H and O–H groups in total. The van der Waals surface area contributed by atoms with Crippen LogP contribution in [0, 0.1) is 5.92 Å². The molecule has 1 aromatic carbocycles. The van der Waals surface area contributed by atoms with E-state index >= 15 is 0 Å². The van der Waals surface area contributed by atoms with Gasteiger partial charge in [-0.15, -0.1) is 12.6 Å². The van der Waals surface area contributed by atoms with Crippen LogP contribution in [-0.2, 0) is 12.4 Å². The standard InChI is InChI=1S/C9H18.C8H4F6S.2H2O/c1-2-6-9-7-4-3-5-8-9;9-7(10,11)4-1-2-5(6(15)3-4)8(12,13)14;;/h9H,2-8H2,1H3;1-3,15H;2*1H2. The summed E-state index contributed by atoms with van der Waals surface area (Å²) in [6.07, 6.45) is 1.07. The molecule has 0 unspecified atom stereocenters. The van der Waals surface area contributed by atoms with Crippen LogP contribution in [-0.4, -0.2) is 11.0 Å². The van der Waals surface area contributed by atoms with E-state index in [0.29, 0.717) is 18.2 Å².